The van der Waals surface area contributed by atoms with E-state index in [2.05, 4.69) is 10.0 Å². The van der Waals surface area contributed by atoms with Crippen molar-refractivity contribution >= 4 is 27.3 Å². The van der Waals surface area contributed by atoms with Crippen molar-refractivity contribution in [2.75, 3.05) is 22.9 Å². The van der Waals surface area contributed by atoms with Gasteiger partial charge in [0, 0.05) is 11.4 Å². The third-order valence-corrected chi connectivity index (χ3v) is 3.77. The molecule has 0 unspecified atom stereocenters. The highest BCUT2D eigenvalue weighted by atomic mass is 32.2. The molecule has 2 rings (SSSR count). The van der Waals surface area contributed by atoms with Gasteiger partial charge in [0.2, 0.25) is 10.0 Å². The first-order chi connectivity index (χ1) is 11.2. The lowest BCUT2D eigenvalue weighted by molar-refractivity contribution is -0.118. The molecule has 0 aliphatic carbocycles. The normalized spacial score (nSPS) is 11.0. The number of nitrogens with one attached hydrogen (secondary N) is 2. The third-order valence-electron chi connectivity index (χ3n) is 3.16. The van der Waals surface area contributed by atoms with E-state index in [1.807, 2.05) is 32.0 Å². The van der Waals surface area contributed by atoms with E-state index in [-0.39, 0.29) is 12.5 Å². The standard InChI is InChI=1S/C17H20N2O4S/c1-12-4-9-16(13(2)10-12)23-11-17(20)18-14-5-7-15(8-6-14)19-24(3,21)22/h4-10,19H,11H2,1-3H3,(H,18,20). The monoisotopic (exact) mass is 348 g/mol. The molecular formula is C17H20N2O4S. The van der Waals surface area contributed by atoms with Crippen molar-refractivity contribution in [1.82, 2.24) is 0 Å². The number of sulfonamides is 1. The SMILES string of the molecule is Cc1ccc(OCC(=O)Nc2ccc(NS(C)(=O)=O)cc2)c(C)c1. The van der Waals surface area contributed by atoms with Crippen molar-refractivity contribution in [2.45, 2.75) is 13.8 Å². The summed E-state index contributed by atoms with van der Waals surface area (Å²) in [4.78, 5) is 11.9. The molecular weight excluding hydrogens is 328 g/mol. The van der Waals surface area contributed by atoms with E-state index >= 15 is 0 Å². The second-order valence-corrected chi connectivity index (χ2v) is 7.31. The van der Waals surface area contributed by atoms with Crippen LogP contribution in [-0.4, -0.2) is 27.2 Å². The number of carbonyl (C=O) groups excluding carboxylic acids is 1. The molecule has 0 atom stereocenters. The number of anilines is 2. The summed E-state index contributed by atoms with van der Waals surface area (Å²) in [6.45, 7) is 3.81. The Hall–Kier alpha value is -2.54. The second kappa shape index (κ2) is 7.35. The van der Waals surface area contributed by atoms with Crippen LogP contribution in [0.15, 0.2) is 42.5 Å². The van der Waals surface area contributed by atoms with Gasteiger partial charge in [-0.2, -0.15) is 0 Å². The van der Waals surface area contributed by atoms with Gasteiger partial charge in [0.15, 0.2) is 6.61 Å². The highest BCUT2D eigenvalue weighted by Crippen LogP contribution is 2.19. The predicted molar refractivity (Wildman–Crippen MR) is 94.9 cm³/mol. The van der Waals surface area contributed by atoms with Gasteiger partial charge in [0.1, 0.15) is 5.75 Å². The summed E-state index contributed by atoms with van der Waals surface area (Å²) in [5.41, 5.74) is 3.09. The molecule has 6 nitrogen and oxygen atoms in total. The average Bonchev–Trinajstić information content (AvgIpc) is 2.47. The van der Waals surface area contributed by atoms with Crippen LogP contribution in [0.25, 0.3) is 0 Å². The van der Waals surface area contributed by atoms with E-state index < -0.39 is 10.0 Å². The first-order valence-corrected chi connectivity index (χ1v) is 9.20. The van der Waals surface area contributed by atoms with Crippen molar-refractivity contribution in [3.63, 3.8) is 0 Å². The minimum Gasteiger partial charge on any atom is -0.483 e. The molecule has 0 fully saturated rings. The summed E-state index contributed by atoms with van der Waals surface area (Å²) in [6.07, 6.45) is 1.08. The van der Waals surface area contributed by atoms with Crippen LogP contribution in [0.2, 0.25) is 0 Å². The number of aryl methyl sites for hydroxylation is 2. The highest BCUT2D eigenvalue weighted by Gasteiger charge is 2.07. The summed E-state index contributed by atoms with van der Waals surface area (Å²) in [7, 11) is -3.32. The number of benzene rings is 2. The number of rotatable bonds is 6. The summed E-state index contributed by atoms with van der Waals surface area (Å²) in [6, 6.07) is 12.1. The summed E-state index contributed by atoms with van der Waals surface area (Å²) < 4.78 is 30.1. The van der Waals surface area contributed by atoms with Crippen LogP contribution in [0.1, 0.15) is 11.1 Å². The Morgan fingerprint density at radius 1 is 1.04 bits per heavy atom. The van der Waals surface area contributed by atoms with Crippen molar-refractivity contribution in [3.8, 4) is 5.75 Å². The molecule has 0 radical (unpaired) electrons. The van der Waals surface area contributed by atoms with E-state index in [1.165, 1.54) is 0 Å². The zero-order valence-electron chi connectivity index (χ0n) is 13.8. The van der Waals surface area contributed by atoms with Gasteiger partial charge in [0.25, 0.3) is 5.91 Å². The van der Waals surface area contributed by atoms with Crippen LogP contribution in [0.5, 0.6) is 5.75 Å². The summed E-state index contributed by atoms with van der Waals surface area (Å²) in [5.74, 6) is 0.377. The van der Waals surface area contributed by atoms with Crippen LogP contribution in [0.4, 0.5) is 11.4 Å². The average molecular weight is 348 g/mol. The van der Waals surface area contributed by atoms with E-state index in [0.29, 0.717) is 17.1 Å². The fourth-order valence-electron chi connectivity index (χ4n) is 2.14. The van der Waals surface area contributed by atoms with Crippen LogP contribution in [-0.2, 0) is 14.8 Å². The maximum Gasteiger partial charge on any atom is 0.262 e. The Balaban J connectivity index is 1.90. The topological polar surface area (TPSA) is 84.5 Å². The number of hydrogen-bond acceptors (Lipinski definition) is 4. The Labute approximate surface area is 141 Å². The molecule has 0 spiro atoms. The van der Waals surface area contributed by atoms with Gasteiger partial charge in [-0.1, -0.05) is 17.7 Å². The van der Waals surface area contributed by atoms with Gasteiger partial charge >= 0.3 is 0 Å². The minimum absolute atomic E-state index is 0.104. The molecule has 0 heterocycles. The van der Waals surface area contributed by atoms with Gasteiger partial charge in [-0.15, -0.1) is 0 Å². The smallest absolute Gasteiger partial charge is 0.262 e. The molecule has 0 saturated heterocycles. The molecule has 1 amide bonds. The number of ether oxygens (including phenoxy) is 1. The molecule has 0 aliphatic rings. The van der Waals surface area contributed by atoms with E-state index in [0.717, 1.165) is 17.4 Å². The lowest BCUT2D eigenvalue weighted by atomic mass is 10.1. The van der Waals surface area contributed by atoms with E-state index in [9.17, 15) is 13.2 Å². The molecule has 0 saturated carbocycles. The van der Waals surface area contributed by atoms with Crippen molar-refractivity contribution in [3.05, 3.63) is 53.6 Å². The Morgan fingerprint density at radius 3 is 2.25 bits per heavy atom. The summed E-state index contributed by atoms with van der Waals surface area (Å²) in [5, 5.41) is 2.69. The van der Waals surface area contributed by atoms with Crippen LogP contribution < -0.4 is 14.8 Å². The maximum absolute atomic E-state index is 11.9. The minimum atomic E-state index is -3.32. The third kappa shape index (κ3) is 5.58. The molecule has 0 aliphatic heterocycles. The zero-order chi connectivity index (χ0) is 17.7. The molecule has 128 valence electrons. The van der Waals surface area contributed by atoms with Crippen LogP contribution in [0, 0.1) is 13.8 Å². The van der Waals surface area contributed by atoms with Gasteiger partial charge in [-0.05, 0) is 49.7 Å². The quantitative estimate of drug-likeness (QED) is 0.840. The van der Waals surface area contributed by atoms with Crippen molar-refractivity contribution in [2.24, 2.45) is 0 Å². The number of amides is 1. The molecule has 2 aromatic carbocycles. The van der Waals surface area contributed by atoms with Crippen molar-refractivity contribution in [1.29, 1.82) is 0 Å². The number of carbonyl (C=O) groups is 1. The van der Waals surface area contributed by atoms with Crippen LogP contribution >= 0.6 is 0 Å². The van der Waals surface area contributed by atoms with Gasteiger partial charge in [-0.25, -0.2) is 8.42 Å². The number of hydrogen-bond donors (Lipinski definition) is 2. The fourth-order valence-corrected chi connectivity index (χ4v) is 2.70. The molecule has 2 aromatic rings. The molecule has 0 aromatic heterocycles. The van der Waals surface area contributed by atoms with Crippen LogP contribution in [0.3, 0.4) is 0 Å². The molecule has 0 bridgehead atoms. The first-order valence-electron chi connectivity index (χ1n) is 7.31. The first kappa shape index (κ1) is 17.8. The highest BCUT2D eigenvalue weighted by molar-refractivity contribution is 7.92. The van der Waals surface area contributed by atoms with Gasteiger partial charge in [0.05, 0.1) is 6.26 Å². The van der Waals surface area contributed by atoms with E-state index in [1.54, 1.807) is 24.3 Å². The lowest BCUT2D eigenvalue weighted by Crippen LogP contribution is -2.20. The van der Waals surface area contributed by atoms with Gasteiger partial charge < -0.3 is 10.1 Å². The summed E-state index contributed by atoms with van der Waals surface area (Å²) >= 11 is 0. The lowest BCUT2D eigenvalue weighted by Gasteiger charge is -2.10. The largest absolute Gasteiger partial charge is 0.483 e. The fraction of sp³-hybridized carbons (Fsp3) is 0.235. The Morgan fingerprint density at radius 2 is 1.67 bits per heavy atom. The second-order valence-electron chi connectivity index (χ2n) is 5.56. The molecule has 7 heteroatoms. The Kier molecular flexibility index (Phi) is 5.46. The van der Waals surface area contributed by atoms with Gasteiger partial charge in [-0.3, -0.25) is 9.52 Å². The zero-order valence-corrected chi connectivity index (χ0v) is 14.6. The Bertz CT molecular complexity index is 830. The molecule has 24 heavy (non-hydrogen) atoms. The predicted octanol–water partition coefficient (Wildman–Crippen LogP) is 2.69. The molecule has 2 N–H and O–H groups in total. The maximum atomic E-state index is 11.9. The van der Waals surface area contributed by atoms with E-state index in [4.69, 9.17) is 4.74 Å². The van der Waals surface area contributed by atoms with Crippen molar-refractivity contribution < 1.29 is 17.9 Å².